The summed E-state index contributed by atoms with van der Waals surface area (Å²) in [5.41, 5.74) is 5.58. The van der Waals surface area contributed by atoms with Crippen LogP contribution in [-0.2, 0) is 10.0 Å². The monoisotopic (exact) mass is 380 g/mol. The lowest BCUT2D eigenvalue weighted by Crippen LogP contribution is -2.45. The summed E-state index contributed by atoms with van der Waals surface area (Å²) in [6.45, 7) is 0.152. The first-order valence-electron chi connectivity index (χ1n) is 6.75. The number of nitrogen functional groups attached to an aromatic ring is 1. The number of rotatable bonds is 6. The van der Waals surface area contributed by atoms with Crippen molar-refractivity contribution in [2.45, 2.75) is 36.6 Å². The van der Waals surface area contributed by atoms with Crippen LogP contribution in [0.3, 0.4) is 0 Å². The maximum Gasteiger partial charge on any atom is 0.245 e. The molecule has 0 unspecified atom stereocenters. The topological polar surface area (TPSA) is 83.6 Å². The first-order chi connectivity index (χ1) is 9.87. The van der Waals surface area contributed by atoms with Gasteiger partial charge < -0.3 is 10.8 Å². The van der Waals surface area contributed by atoms with Gasteiger partial charge in [0.1, 0.15) is 10.7 Å². The molecule has 8 heteroatoms. The third-order valence-electron chi connectivity index (χ3n) is 3.66. The maximum absolute atomic E-state index is 13.4. The van der Waals surface area contributed by atoms with Crippen LogP contribution >= 0.6 is 15.9 Å². The molecule has 5 nitrogen and oxygen atoms in total. The Balaban J connectivity index is 2.40. The van der Waals surface area contributed by atoms with Gasteiger partial charge in [0, 0.05) is 19.2 Å². The molecule has 0 atom stereocenters. The van der Waals surface area contributed by atoms with Crippen molar-refractivity contribution < 1.29 is 17.9 Å². The van der Waals surface area contributed by atoms with Crippen LogP contribution in [0.5, 0.6) is 0 Å². The molecule has 0 radical (unpaired) electrons. The van der Waals surface area contributed by atoms with Crippen molar-refractivity contribution in [2.24, 2.45) is 0 Å². The van der Waals surface area contributed by atoms with Gasteiger partial charge in [0.2, 0.25) is 10.0 Å². The molecule has 0 aliphatic heterocycles. The summed E-state index contributed by atoms with van der Waals surface area (Å²) in [4.78, 5) is -0.0967. The number of sulfonamides is 1. The molecule has 1 aromatic carbocycles. The Morgan fingerprint density at radius 1 is 1.43 bits per heavy atom. The van der Waals surface area contributed by atoms with Gasteiger partial charge in [-0.1, -0.05) is 6.42 Å². The number of hydrogen-bond acceptors (Lipinski definition) is 4. The van der Waals surface area contributed by atoms with Crippen LogP contribution in [0.15, 0.2) is 21.5 Å². The Labute approximate surface area is 132 Å². The molecular formula is C13H18BrFN2O3S. The lowest BCUT2D eigenvalue weighted by molar-refractivity contribution is 0.198. The molecule has 0 heterocycles. The summed E-state index contributed by atoms with van der Waals surface area (Å²) in [5, 5.41) is 8.96. The molecule has 0 spiro atoms. The number of aliphatic hydroxyl groups is 1. The summed E-state index contributed by atoms with van der Waals surface area (Å²) >= 11 is 2.99. The molecule has 0 saturated heterocycles. The summed E-state index contributed by atoms with van der Waals surface area (Å²) in [6.07, 6.45) is 2.94. The Morgan fingerprint density at radius 3 is 2.62 bits per heavy atom. The van der Waals surface area contributed by atoms with Crippen LogP contribution in [0.4, 0.5) is 10.1 Å². The van der Waals surface area contributed by atoms with Crippen molar-refractivity contribution in [3.8, 4) is 0 Å². The van der Waals surface area contributed by atoms with Crippen molar-refractivity contribution in [1.29, 1.82) is 0 Å². The largest absolute Gasteiger partial charge is 0.398 e. The standard InChI is InChI=1S/C13H18BrFN2O3S/c14-10-7-13(12(16)8-11(10)15)21(19,20)17(5-2-6-18)9-3-1-4-9/h7-9,18H,1-6,16H2. The van der Waals surface area contributed by atoms with Gasteiger partial charge in [0.05, 0.1) is 10.2 Å². The van der Waals surface area contributed by atoms with E-state index >= 15 is 0 Å². The summed E-state index contributed by atoms with van der Waals surface area (Å²) in [5.74, 6) is -0.600. The number of aliphatic hydroxyl groups excluding tert-OH is 1. The zero-order chi connectivity index (χ0) is 15.6. The third kappa shape index (κ3) is 3.39. The molecule has 1 aromatic rings. The Bertz CT molecular complexity index is 620. The molecule has 3 N–H and O–H groups in total. The van der Waals surface area contributed by atoms with E-state index < -0.39 is 15.8 Å². The van der Waals surface area contributed by atoms with E-state index in [2.05, 4.69) is 15.9 Å². The van der Waals surface area contributed by atoms with Gasteiger partial charge in [-0.3, -0.25) is 0 Å². The Hall–Kier alpha value is -0.700. The highest BCUT2D eigenvalue weighted by Crippen LogP contribution is 2.34. The van der Waals surface area contributed by atoms with E-state index in [1.807, 2.05) is 0 Å². The second-order valence-electron chi connectivity index (χ2n) is 5.08. The fourth-order valence-corrected chi connectivity index (χ4v) is 4.64. The van der Waals surface area contributed by atoms with E-state index in [0.717, 1.165) is 25.3 Å². The van der Waals surface area contributed by atoms with Gasteiger partial charge >= 0.3 is 0 Å². The van der Waals surface area contributed by atoms with Crippen molar-refractivity contribution in [2.75, 3.05) is 18.9 Å². The van der Waals surface area contributed by atoms with E-state index in [1.165, 1.54) is 10.4 Å². The molecule has 118 valence electrons. The molecular weight excluding hydrogens is 363 g/mol. The van der Waals surface area contributed by atoms with Crippen LogP contribution in [-0.4, -0.2) is 37.0 Å². The van der Waals surface area contributed by atoms with Crippen LogP contribution in [0.1, 0.15) is 25.7 Å². The molecule has 1 fully saturated rings. The van der Waals surface area contributed by atoms with Crippen molar-refractivity contribution in [3.63, 3.8) is 0 Å². The van der Waals surface area contributed by atoms with Gasteiger partial charge in [0.25, 0.3) is 0 Å². The van der Waals surface area contributed by atoms with E-state index in [0.29, 0.717) is 6.42 Å². The Morgan fingerprint density at radius 2 is 2.10 bits per heavy atom. The van der Waals surface area contributed by atoms with Gasteiger partial charge in [-0.25, -0.2) is 12.8 Å². The first kappa shape index (κ1) is 16.7. The van der Waals surface area contributed by atoms with E-state index in [9.17, 15) is 12.8 Å². The smallest absolute Gasteiger partial charge is 0.245 e. The molecule has 21 heavy (non-hydrogen) atoms. The number of hydrogen-bond donors (Lipinski definition) is 2. The average Bonchev–Trinajstić information content (AvgIpc) is 2.36. The summed E-state index contributed by atoms with van der Waals surface area (Å²) < 4.78 is 40.4. The van der Waals surface area contributed by atoms with E-state index in [1.54, 1.807) is 0 Å². The number of halogens is 2. The number of anilines is 1. The minimum absolute atomic E-state index is 0.0611. The predicted molar refractivity (Wildman–Crippen MR) is 81.7 cm³/mol. The fraction of sp³-hybridized carbons (Fsp3) is 0.538. The minimum Gasteiger partial charge on any atom is -0.398 e. The molecule has 1 aliphatic rings. The maximum atomic E-state index is 13.4. The van der Waals surface area contributed by atoms with Crippen LogP contribution in [0.2, 0.25) is 0 Å². The van der Waals surface area contributed by atoms with Gasteiger partial charge in [0.15, 0.2) is 0 Å². The zero-order valence-electron chi connectivity index (χ0n) is 11.4. The Kier molecular flexibility index (Phi) is 5.24. The summed E-state index contributed by atoms with van der Waals surface area (Å²) in [7, 11) is -3.80. The highest BCUT2D eigenvalue weighted by Gasteiger charge is 2.35. The van der Waals surface area contributed by atoms with Gasteiger partial charge in [-0.15, -0.1) is 0 Å². The molecule has 1 saturated carbocycles. The lowest BCUT2D eigenvalue weighted by Gasteiger charge is -2.36. The average molecular weight is 381 g/mol. The molecule has 0 amide bonds. The lowest BCUT2D eigenvalue weighted by atomic mass is 9.93. The number of nitrogens with two attached hydrogens (primary N) is 1. The van der Waals surface area contributed by atoms with E-state index in [4.69, 9.17) is 10.8 Å². The second-order valence-corrected chi connectivity index (χ2v) is 7.80. The normalized spacial score (nSPS) is 16.2. The summed E-state index contributed by atoms with van der Waals surface area (Å²) in [6, 6.07) is 2.14. The van der Waals surface area contributed by atoms with Crippen LogP contribution in [0, 0.1) is 5.82 Å². The first-order valence-corrected chi connectivity index (χ1v) is 8.98. The quantitative estimate of drug-likeness (QED) is 0.740. The molecule has 0 aromatic heterocycles. The van der Waals surface area contributed by atoms with E-state index in [-0.39, 0.29) is 34.2 Å². The highest BCUT2D eigenvalue weighted by atomic mass is 79.9. The van der Waals surface area contributed by atoms with Crippen molar-refractivity contribution in [3.05, 3.63) is 22.4 Å². The second kappa shape index (κ2) is 6.60. The minimum atomic E-state index is -3.80. The van der Waals surface area contributed by atoms with Crippen LogP contribution in [0.25, 0.3) is 0 Å². The van der Waals surface area contributed by atoms with Gasteiger partial charge in [-0.2, -0.15) is 4.31 Å². The van der Waals surface area contributed by atoms with Crippen molar-refractivity contribution >= 4 is 31.6 Å². The molecule has 2 rings (SSSR count). The highest BCUT2D eigenvalue weighted by molar-refractivity contribution is 9.10. The van der Waals surface area contributed by atoms with Crippen molar-refractivity contribution in [1.82, 2.24) is 4.31 Å². The number of nitrogens with zero attached hydrogens (tertiary/aromatic N) is 1. The van der Waals surface area contributed by atoms with Crippen LogP contribution < -0.4 is 5.73 Å². The zero-order valence-corrected chi connectivity index (χ0v) is 13.8. The number of benzene rings is 1. The van der Waals surface area contributed by atoms with Gasteiger partial charge in [-0.05, 0) is 47.3 Å². The predicted octanol–water partition coefficient (Wildman–Crippen LogP) is 2.10. The SMILES string of the molecule is Nc1cc(F)c(Br)cc1S(=O)(=O)N(CCCO)C1CCC1. The third-order valence-corrected chi connectivity index (χ3v) is 6.27. The molecule has 0 bridgehead atoms. The molecule has 1 aliphatic carbocycles. The fourth-order valence-electron chi connectivity index (χ4n) is 2.29.